The van der Waals surface area contributed by atoms with E-state index in [-0.39, 0.29) is 12.2 Å². The highest BCUT2D eigenvalue weighted by Crippen LogP contribution is 2.14. The number of rotatable bonds is 19. The molecule has 0 spiro atoms. The number of aliphatic hydroxyl groups excluding tert-OH is 2. The predicted molar refractivity (Wildman–Crippen MR) is 107 cm³/mol. The molecular formula is C21H41ClO3. The van der Waals surface area contributed by atoms with Crippen molar-refractivity contribution < 1.29 is 15.0 Å². The minimum absolute atomic E-state index is 0.0703. The molecule has 25 heavy (non-hydrogen) atoms. The number of unbranched alkanes of at least 4 members (excludes halogenated alkanes) is 14. The van der Waals surface area contributed by atoms with Crippen molar-refractivity contribution >= 4 is 17.4 Å². The molecule has 0 aliphatic rings. The first-order valence-electron chi connectivity index (χ1n) is 10.6. The van der Waals surface area contributed by atoms with Crippen LogP contribution < -0.4 is 0 Å². The average molecular weight is 377 g/mol. The molecular weight excluding hydrogens is 336 g/mol. The largest absolute Gasteiger partial charge is 0.385 e. The Kier molecular flexibility index (Phi) is 18.6. The van der Waals surface area contributed by atoms with Crippen LogP contribution in [0, 0.1) is 0 Å². The fourth-order valence-electron chi connectivity index (χ4n) is 3.15. The van der Waals surface area contributed by atoms with Gasteiger partial charge in [-0.2, -0.15) is 0 Å². The van der Waals surface area contributed by atoms with Crippen molar-refractivity contribution in [2.24, 2.45) is 0 Å². The fourth-order valence-corrected chi connectivity index (χ4v) is 3.32. The van der Waals surface area contributed by atoms with Crippen molar-refractivity contribution in [1.29, 1.82) is 0 Å². The molecule has 150 valence electrons. The molecule has 0 saturated heterocycles. The molecule has 0 aromatic rings. The monoisotopic (exact) mass is 376 g/mol. The lowest BCUT2D eigenvalue weighted by Gasteiger charge is -2.10. The van der Waals surface area contributed by atoms with Crippen LogP contribution in [-0.4, -0.2) is 27.7 Å². The van der Waals surface area contributed by atoms with Crippen LogP contribution in [0.1, 0.15) is 116 Å². The van der Waals surface area contributed by atoms with Crippen molar-refractivity contribution in [3.8, 4) is 0 Å². The van der Waals surface area contributed by atoms with Crippen molar-refractivity contribution in [3.63, 3.8) is 0 Å². The molecule has 4 heteroatoms. The fraction of sp³-hybridized carbons (Fsp3) is 0.952. The minimum atomic E-state index is -1.14. The van der Waals surface area contributed by atoms with Crippen LogP contribution in [0.25, 0.3) is 0 Å². The lowest BCUT2D eigenvalue weighted by Crippen LogP contribution is -2.23. The Hall–Kier alpha value is -0.120. The van der Waals surface area contributed by atoms with E-state index >= 15 is 0 Å². The van der Waals surface area contributed by atoms with E-state index in [9.17, 15) is 9.90 Å². The van der Waals surface area contributed by atoms with Crippen molar-refractivity contribution in [3.05, 3.63) is 0 Å². The third-order valence-corrected chi connectivity index (χ3v) is 4.99. The van der Waals surface area contributed by atoms with Gasteiger partial charge >= 0.3 is 0 Å². The molecule has 3 nitrogen and oxygen atoms in total. The smallest absolute Gasteiger partial charge is 0.161 e. The molecule has 2 N–H and O–H groups in total. The molecule has 0 heterocycles. The van der Waals surface area contributed by atoms with Gasteiger partial charge in [-0.1, -0.05) is 108 Å². The van der Waals surface area contributed by atoms with Crippen LogP contribution >= 0.6 is 11.6 Å². The summed E-state index contributed by atoms with van der Waals surface area (Å²) in [6, 6.07) is 0. The zero-order chi connectivity index (χ0) is 18.8. The summed E-state index contributed by atoms with van der Waals surface area (Å²) < 4.78 is 0. The standard InChI is InChI=1S/C21H41ClO3/c1-2-3-4-5-6-7-8-9-10-11-12-13-14-15-16-17-19(23)20(24)18-21(22)25/h20-21,24-25H,2-18H2,1H3. The van der Waals surface area contributed by atoms with Gasteiger partial charge < -0.3 is 10.2 Å². The Bertz CT molecular complexity index is 295. The summed E-state index contributed by atoms with van der Waals surface area (Å²) in [6.45, 7) is 2.26. The van der Waals surface area contributed by atoms with E-state index in [0.29, 0.717) is 6.42 Å². The van der Waals surface area contributed by atoms with Gasteiger partial charge in [0.2, 0.25) is 0 Å². The van der Waals surface area contributed by atoms with Gasteiger partial charge in [0.15, 0.2) is 5.78 Å². The van der Waals surface area contributed by atoms with Crippen molar-refractivity contribution in [2.45, 2.75) is 128 Å². The Morgan fingerprint density at radius 1 is 0.720 bits per heavy atom. The molecule has 0 fully saturated rings. The number of Topliss-reactive ketones (excluding diaryl/α,β-unsaturated/α-hetero) is 1. The SMILES string of the molecule is CCCCCCCCCCCCCCCCCC(=O)C(O)CC(O)Cl. The second-order valence-corrected chi connectivity index (χ2v) is 7.86. The Morgan fingerprint density at radius 2 is 1.08 bits per heavy atom. The first kappa shape index (κ1) is 24.9. The first-order valence-corrected chi connectivity index (χ1v) is 11.0. The summed E-state index contributed by atoms with van der Waals surface area (Å²) in [4.78, 5) is 11.6. The highest BCUT2D eigenvalue weighted by molar-refractivity contribution is 6.19. The van der Waals surface area contributed by atoms with Gasteiger partial charge in [-0.3, -0.25) is 4.79 Å². The molecule has 0 aliphatic carbocycles. The molecule has 0 aromatic carbocycles. The predicted octanol–water partition coefficient (Wildman–Crippen LogP) is 6.13. The summed E-state index contributed by atoms with van der Waals surface area (Å²) in [7, 11) is 0. The summed E-state index contributed by atoms with van der Waals surface area (Å²) in [5.41, 5.74) is -1.14. The highest BCUT2D eigenvalue weighted by Gasteiger charge is 2.17. The first-order chi connectivity index (χ1) is 12.1. The van der Waals surface area contributed by atoms with E-state index in [1.54, 1.807) is 0 Å². The van der Waals surface area contributed by atoms with Crippen LogP contribution in [0.4, 0.5) is 0 Å². The van der Waals surface area contributed by atoms with Gasteiger partial charge in [0, 0.05) is 12.8 Å². The molecule has 2 unspecified atom stereocenters. The molecule has 0 rings (SSSR count). The van der Waals surface area contributed by atoms with Crippen LogP contribution in [0.3, 0.4) is 0 Å². The van der Waals surface area contributed by atoms with E-state index in [4.69, 9.17) is 16.7 Å². The second kappa shape index (κ2) is 18.7. The number of hydrogen-bond donors (Lipinski definition) is 2. The second-order valence-electron chi connectivity index (χ2n) is 7.35. The Balaban J connectivity index is 3.20. The maximum absolute atomic E-state index is 11.6. The van der Waals surface area contributed by atoms with Gasteiger partial charge in [0.25, 0.3) is 0 Å². The number of hydrogen-bond acceptors (Lipinski definition) is 3. The van der Waals surface area contributed by atoms with E-state index in [1.165, 1.54) is 83.5 Å². The lowest BCUT2D eigenvalue weighted by atomic mass is 10.0. The molecule has 0 saturated carbocycles. The zero-order valence-electron chi connectivity index (χ0n) is 16.4. The Labute approximate surface area is 160 Å². The summed E-state index contributed by atoms with van der Waals surface area (Å²) in [6.07, 6.45) is 18.6. The van der Waals surface area contributed by atoms with Crippen LogP contribution in [0.5, 0.6) is 0 Å². The molecule has 0 aromatic heterocycles. The van der Waals surface area contributed by atoms with Gasteiger partial charge in [-0.05, 0) is 6.42 Å². The third kappa shape index (κ3) is 18.5. The number of ketones is 1. The molecule has 0 amide bonds. The van der Waals surface area contributed by atoms with E-state index < -0.39 is 11.7 Å². The average Bonchev–Trinajstić information content (AvgIpc) is 2.57. The minimum Gasteiger partial charge on any atom is -0.385 e. The van der Waals surface area contributed by atoms with Gasteiger partial charge in [-0.15, -0.1) is 0 Å². The molecule has 0 radical (unpaired) electrons. The maximum Gasteiger partial charge on any atom is 0.161 e. The summed E-state index contributed by atoms with van der Waals surface area (Å²) in [5, 5.41) is 18.4. The normalized spacial score (nSPS) is 13.8. The van der Waals surface area contributed by atoms with E-state index in [2.05, 4.69) is 6.92 Å². The number of halogens is 1. The van der Waals surface area contributed by atoms with Crippen LogP contribution in [0.15, 0.2) is 0 Å². The number of alkyl halides is 1. The zero-order valence-corrected chi connectivity index (χ0v) is 17.1. The quantitative estimate of drug-likeness (QED) is 0.211. The maximum atomic E-state index is 11.6. The number of carbonyl (C=O) groups is 1. The van der Waals surface area contributed by atoms with Gasteiger partial charge in [0.05, 0.1) is 0 Å². The van der Waals surface area contributed by atoms with E-state index in [1.807, 2.05) is 0 Å². The van der Waals surface area contributed by atoms with Gasteiger partial charge in [0.1, 0.15) is 11.7 Å². The summed E-state index contributed by atoms with van der Waals surface area (Å²) in [5.74, 6) is -0.200. The number of aliphatic hydroxyl groups is 2. The van der Waals surface area contributed by atoms with E-state index in [0.717, 1.165) is 12.8 Å². The highest BCUT2D eigenvalue weighted by atomic mass is 35.5. The van der Waals surface area contributed by atoms with Crippen molar-refractivity contribution in [2.75, 3.05) is 0 Å². The molecule has 0 bridgehead atoms. The molecule has 2 atom stereocenters. The number of carbonyl (C=O) groups excluding carboxylic acids is 1. The molecule has 0 aliphatic heterocycles. The van der Waals surface area contributed by atoms with Crippen LogP contribution in [0.2, 0.25) is 0 Å². The lowest BCUT2D eigenvalue weighted by molar-refractivity contribution is -0.128. The van der Waals surface area contributed by atoms with Crippen molar-refractivity contribution in [1.82, 2.24) is 0 Å². The third-order valence-electron chi connectivity index (χ3n) is 4.82. The Morgan fingerprint density at radius 3 is 1.44 bits per heavy atom. The van der Waals surface area contributed by atoms with Gasteiger partial charge in [-0.25, -0.2) is 0 Å². The topological polar surface area (TPSA) is 57.5 Å². The van der Waals surface area contributed by atoms with Crippen LogP contribution in [-0.2, 0) is 4.79 Å². The summed E-state index contributed by atoms with van der Waals surface area (Å²) >= 11 is 5.36.